The van der Waals surface area contributed by atoms with Crippen molar-refractivity contribution in [1.82, 2.24) is 4.90 Å². The van der Waals surface area contributed by atoms with Crippen molar-refractivity contribution < 1.29 is 0 Å². The molecule has 156 valence electrons. The zero-order chi connectivity index (χ0) is 20.4. The molecule has 0 spiro atoms. The van der Waals surface area contributed by atoms with E-state index >= 15 is 0 Å². The molecule has 0 aromatic heterocycles. The predicted octanol–water partition coefficient (Wildman–Crippen LogP) is 5.47. The number of allylic oxidation sites excluding steroid dienone is 2. The van der Waals surface area contributed by atoms with E-state index in [0.717, 1.165) is 19.5 Å². The van der Waals surface area contributed by atoms with E-state index in [4.69, 9.17) is 18.0 Å². The highest BCUT2D eigenvalue weighted by atomic mass is 32.1. The van der Waals surface area contributed by atoms with E-state index in [-0.39, 0.29) is 16.9 Å². The van der Waals surface area contributed by atoms with Gasteiger partial charge in [0.05, 0.1) is 4.99 Å². The molecule has 1 aromatic rings. The third-order valence-electron chi connectivity index (χ3n) is 8.94. The van der Waals surface area contributed by atoms with Gasteiger partial charge in [-0.2, -0.15) is 0 Å². The molecule has 3 heteroatoms. The van der Waals surface area contributed by atoms with Crippen LogP contribution in [0.15, 0.2) is 42.0 Å². The van der Waals surface area contributed by atoms with Gasteiger partial charge in [0.2, 0.25) is 0 Å². The fraction of sp³-hybridized carbons (Fsp3) is 0.654. The second kappa shape index (κ2) is 6.65. The van der Waals surface area contributed by atoms with E-state index < -0.39 is 0 Å². The zero-order valence-corrected chi connectivity index (χ0v) is 19.1. The van der Waals surface area contributed by atoms with Crippen LogP contribution in [0.3, 0.4) is 0 Å². The van der Waals surface area contributed by atoms with Gasteiger partial charge in [-0.3, -0.25) is 0 Å². The molecular formula is C26H36N2S. The smallest absolute Gasteiger partial charge is 0.0842 e. The fourth-order valence-electron chi connectivity index (χ4n) is 7.67. The molecule has 4 bridgehead atoms. The van der Waals surface area contributed by atoms with Crippen molar-refractivity contribution in [2.45, 2.75) is 70.8 Å². The number of hydrogen-bond donors (Lipinski definition) is 1. The lowest BCUT2D eigenvalue weighted by Gasteiger charge is -2.64. The molecule has 4 saturated carbocycles. The van der Waals surface area contributed by atoms with Crippen molar-refractivity contribution in [3.8, 4) is 0 Å². The van der Waals surface area contributed by atoms with Gasteiger partial charge in [0.25, 0.3) is 0 Å². The van der Waals surface area contributed by atoms with Crippen molar-refractivity contribution in [2.24, 2.45) is 28.4 Å². The molecule has 2 unspecified atom stereocenters. The van der Waals surface area contributed by atoms with Crippen molar-refractivity contribution in [1.29, 1.82) is 0 Å². The summed E-state index contributed by atoms with van der Waals surface area (Å²) in [6.45, 7) is 8.94. The Kier molecular flexibility index (Phi) is 4.53. The first-order valence-electron chi connectivity index (χ1n) is 11.6. The van der Waals surface area contributed by atoms with E-state index in [0.29, 0.717) is 17.3 Å². The van der Waals surface area contributed by atoms with Gasteiger partial charge < -0.3 is 10.6 Å². The minimum Gasteiger partial charge on any atom is -0.365 e. The van der Waals surface area contributed by atoms with Gasteiger partial charge in [0.1, 0.15) is 0 Å². The third-order valence-corrected chi connectivity index (χ3v) is 9.63. The van der Waals surface area contributed by atoms with Crippen LogP contribution in [0.1, 0.15) is 64.9 Å². The molecule has 6 rings (SSSR count). The van der Waals surface area contributed by atoms with Crippen LogP contribution < -0.4 is 5.73 Å². The molecule has 3 atom stereocenters. The van der Waals surface area contributed by atoms with Crippen molar-refractivity contribution >= 4 is 17.2 Å². The molecule has 1 aliphatic heterocycles. The van der Waals surface area contributed by atoms with Crippen LogP contribution in [0.2, 0.25) is 0 Å². The summed E-state index contributed by atoms with van der Waals surface area (Å²) in [6.07, 6.45) is 9.89. The molecule has 1 heterocycles. The number of benzene rings is 1. The van der Waals surface area contributed by atoms with E-state index in [1.807, 2.05) is 0 Å². The number of thiocarbonyl (C=S) groups is 1. The lowest BCUT2D eigenvalue weighted by atomic mass is 9.41. The van der Waals surface area contributed by atoms with Crippen molar-refractivity contribution in [3.63, 3.8) is 0 Å². The summed E-state index contributed by atoms with van der Waals surface area (Å²) in [5.41, 5.74) is 10.4. The molecule has 0 amide bonds. The molecule has 29 heavy (non-hydrogen) atoms. The predicted molar refractivity (Wildman–Crippen MR) is 125 cm³/mol. The maximum Gasteiger partial charge on any atom is 0.0842 e. The molecule has 1 aromatic carbocycles. The summed E-state index contributed by atoms with van der Waals surface area (Å²) in [6, 6.07) is 11.6. The summed E-state index contributed by atoms with van der Waals surface area (Å²) in [7, 11) is 0. The van der Waals surface area contributed by atoms with Crippen LogP contribution in [0.25, 0.3) is 0 Å². The van der Waals surface area contributed by atoms with Gasteiger partial charge in [-0.15, -0.1) is 0 Å². The number of nitrogens with zero attached hydrogens (tertiary/aromatic N) is 1. The first-order chi connectivity index (χ1) is 13.8. The Bertz CT molecular complexity index is 822. The second-order valence-corrected chi connectivity index (χ2v) is 11.6. The third kappa shape index (κ3) is 2.95. The first kappa shape index (κ1) is 19.8. The van der Waals surface area contributed by atoms with Crippen LogP contribution >= 0.6 is 12.2 Å². The van der Waals surface area contributed by atoms with E-state index in [1.165, 1.54) is 37.1 Å². The Morgan fingerprint density at radius 2 is 1.76 bits per heavy atom. The standard InChI is InChI=1S/C26H36N2S/c1-4-21-18-12-25(20-8-6-5-7-9-20)13-19(21)15-26(14-18,16-25)23(29)28-11-10-22(27)24(2,3)17-28/h4-9,18-19,22H,10-17,27H2,1-3H3/t18?,19?,22-,25?,26?/m0/s1. The molecule has 0 radical (unpaired) electrons. The van der Waals surface area contributed by atoms with Crippen LogP contribution in [-0.4, -0.2) is 29.0 Å². The molecule has 5 aliphatic rings. The number of rotatable bonds is 2. The Morgan fingerprint density at radius 3 is 2.34 bits per heavy atom. The molecule has 4 aliphatic carbocycles. The maximum atomic E-state index is 6.44. The van der Waals surface area contributed by atoms with Gasteiger partial charge in [0, 0.05) is 24.5 Å². The summed E-state index contributed by atoms with van der Waals surface area (Å²) < 4.78 is 0. The van der Waals surface area contributed by atoms with Gasteiger partial charge in [-0.25, -0.2) is 0 Å². The summed E-state index contributed by atoms with van der Waals surface area (Å²) in [5, 5.41) is 0. The number of nitrogens with two attached hydrogens (primary N) is 1. The van der Waals surface area contributed by atoms with Gasteiger partial charge in [-0.05, 0) is 73.7 Å². The topological polar surface area (TPSA) is 29.3 Å². The van der Waals surface area contributed by atoms with E-state index in [9.17, 15) is 0 Å². The van der Waals surface area contributed by atoms with Crippen LogP contribution in [0, 0.1) is 22.7 Å². The average molecular weight is 409 g/mol. The molecular weight excluding hydrogens is 372 g/mol. The number of likely N-dealkylation sites (tertiary alicyclic amines) is 1. The zero-order valence-electron chi connectivity index (χ0n) is 18.3. The Morgan fingerprint density at radius 1 is 1.10 bits per heavy atom. The quantitative estimate of drug-likeness (QED) is 0.520. The van der Waals surface area contributed by atoms with Crippen molar-refractivity contribution in [2.75, 3.05) is 13.1 Å². The lowest BCUT2D eigenvalue weighted by molar-refractivity contribution is -0.00188. The molecule has 1 saturated heterocycles. The highest BCUT2D eigenvalue weighted by Gasteiger charge is 2.61. The maximum absolute atomic E-state index is 6.44. The Labute approximate surface area is 181 Å². The van der Waals surface area contributed by atoms with Crippen LogP contribution in [0.5, 0.6) is 0 Å². The fourth-order valence-corrected chi connectivity index (χ4v) is 8.07. The monoisotopic (exact) mass is 408 g/mol. The SMILES string of the molecule is CC=C1C2CC3(C(=S)N4CC[C@H](N)C(C)(C)C4)CC1CC(c1ccccc1)(C2)C3. The number of hydrogen-bond acceptors (Lipinski definition) is 2. The Balaban J connectivity index is 1.51. The average Bonchev–Trinajstić information content (AvgIpc) is 2.70. The highest BCUT2D eigenvalue weighted by molar-refractivity contribution is 7.80. The summed E-state index contributed by atoms with van der Waals surface area (Å²) >= 11 is 6.35. The first-order valence-corrected chi connectivity index (χ1v) is 12.0. The van der Waals surface area contributed by atoms with Crippen LogP contribution in [0.4, 0.5) is 0 Å². The number of piperidine rings is 1. The lowest BCUT2D eigenvalue weighted by Crippen LogP contribution is -2.62. The van der Waals surface area contributed by atoms with Crippen molar-refractivity contribution in [3.05, 3.63) is 47.5 Å². The van der Waals surface area contributed by atoms with E-state index in [1.54, 1.807) is 11.1 Å². The Hall–Kier alpha value is -1.19. The van der Waals surface area contributed by atoms with Crippen LogP contribution in [-0.2, 0) is 5.41 Å². The van der Waals surface area contributed by atoms with Gasteiger partial charge in [-0.1, -0.05) is 68.0 Å². The highest BCUT2D eigenvalue weighted by Crippen LogP contribution is 2.68. The molecule has 2 N–H and O–H groups in total. The minimum absolute atomic E-state index is 0.135. The molecule has 5 fully saturated rings. The van der Waals surface area contributed by atoms with Gasteiger partial charge >= 0.3 is 0 Å². The van der Waals surface area contributed by atoms with E-state index in [2.05, 4.69) is 62.1 Å². The summed E-state index contributed by atoms with van der Waals surface area (Å²) in [5.74, 6) is 1.42. The minimum atomic E-state index is 0.135. The molecule has 2 nitrogen and oxygen atoms in total. The van der Waals surface area contributed by atoms with Gasteiger partial charge in [0.15, 0.2) is 0 Å². The largest absolute Gasteiger partial charge is 0.365 e. The normalized spacial score (nSPS) is 40.2. The second-order valence-electron chi connectivity index (χ2n) is 11.2. The summed E-state index contributed by atoms with van der Waals surface area (Å²) in [4.78, 5) is 3.82.